The summed E-state index contributed by atoms with van der Waals surface area (Å²) in [7, 11) is -1.62. The van der Waals surface area contributed by atoms with Crippen molar-refractivity contribution in [2.24, 2.45) is 0 Å². The summed E-state index contributed by atoms with van der Waals surface area (Å²) in [5, 5.41) is 0. The van der Waals surface area contributed by atoms with Crippen LogP contribution in [-0.4, -0.2) is 27.8 Å². The second kappa shape index (κ2) is 4.49. The van der Waals surface area contributed by atoms with Crippen LogP contribution in [0.4, 0.5) is 5.69 Å². The lowest BCUT2D eigenvalue weighted by Gasteiger charge is -2.19. The highest BCUT2D eigenvalue weighted by atomic mass is 79.9. The predicted molar refractivity (Wildman–Crippen MR) is 71.2 cm³/mol. The molecule has 0 N–H and O–H groups in total. The molecular formula is C11H14BrNO3S. The Bertz CT molecular complexity index is 542. The zero-order chi connectivity index (χ0) is 12.6. The van der Waals surface area contributed by atoms with E-state index in [0.717, 1.165) is 22.1 Å². The molecule has 0 radical (unpaired) electrons. The van der Waals surface area contributed by atoms with Gasteiger partial charge in [0.15, 0.2) is 0 Å². The maximum Gasteiger partial charge on any atom is 0.234 e. The Hall–Kier alpha value is -0.750. The zero-order valence-electron chi connectivity index (χ0n) is 9.73. The van der Waals surface area contributed by atoms with Crippen molar-refractivity contribution in [2.45, 2.75) is 13.3 Å². The first-order valence-corrected chi connectivity index (χ1v) is 7.76. The van der Waals surface area contributed by atoms with Crippen LogP contribution < -0.4 is 9.04 Å². The number of hydrogen-bond donors (Lipinski definition) is 0. The van der Waals surface area contributed by atoms with Gasteiger partial charge in [-0.1, -0.05) is 0 Å². The molecule has 2 rings (SSSR count). The number of benzene rings is 1. The van der Waals surface area contributed by atoms with E-state index in [0.29, 0.717) is 12.3 Å². The molecule has 1 aromatic carbocycles. The summed E-state index contributed by atoms with van der Waals surface area (Å²) < 4.78 is 31.4. The second-order valence-electron chi connectivity index (χ2n) is 3.84. The molecule has 0 aliphatic carbocycles. The Morgan fingerprint density at radius 1 is 1.47 bits per heavy atom. The molecule has 94 valence electrons. The maximum atomic E-state index is 11.9. The quantitative estimate of drug-likeness (QED) is 0.857. The Labute approximate surface area is 110 Å². The second-order valence-corrected chi connectivity index (χ2v) is 6.87. The predicted octanol–water partition coefficient (Wildman–Crippen LogP) is 2.17. The molecule has 0 aromatic heterocycles. The minimum atomic E-state index is -3.19. The van der Waals surface area contributed by atoms with E-state index in [1.165, 1.54) is 4.31 Å². The maximum absolute atomic E-state index is 11.9. The number of fused-ring (bicyclic) bond motifs is 1. The van der Waals surface area contributed by atoms with E-state index in [2.05, 4.69) is 15.9 Å². The van der Waals surface area contributed by atoms with Gasteiger partial charge in [-0.2, -0.15) is 0 Å². The lowest BCUT2D eigenvalue weighted by Crippen LogP contribution is -2.30. The Morgan fingerprint density at radius 2 is 2.18 bits per heavy atom. The van der Waals surface area contributed by atoms with Crippen LogP contribution in [0.25, 0.3) is 0 Å². The number of anilines is 1. The van der Waals surface area contributed by atoms with E-state index < -0.39 is 10.0 Å². The van der Waals surface area contributed by atoms with Crippen molar-refractivity contribution in [3.05, 3.63) is 22.2 Å². The summed E-state index contributed by atoms with van der Waals surface area (Å²) in [6.45, 7) is 2.18. The van der Waals surface area contributed by atoms with Gasteiger partial charge in [-0.05, 0) is 40.9 Å². The van der Waals surface area contributed by atoms with E-state index in [-0.39, 0.29) is 5.75 Å². The molecule has 0 bridgehead atoms. The van der Waals surface area contributed by atoms with Crippen molar-refractivity contribution in [2.75, 3.05) is 23.7 Å². The van der Waals surface area contributed by atoms with Crippen molar-refractivity contribution < 1.29 is 13.2 Å². The fraction of sp³-hybridized carbons (Fsp3) is 0.455. The SMILES string of the molecule is CCS(=O)(=O)N1CCc2cc(Br)c(OC)cc21. The summed E-state index contributed by atoms with van der Waals surface area (Å²) in [5.41, 5.74) is 1.78. The van der Waals surface area contributed by atoms with Gasteiger partial charge >= 0.3 is 0 Å². The van der Waals surface area contributed by atoms with Gasteiger partial charge in [0.2, 0.25) is 10.0 Å². The zero-order valence-corrected chi connectivity index (χ0v) is 12.1. The van der Waals surface area contributed by atoms with Crippen LogP contribution in [0.3, 0.4) is 0 Å². The lowest BCUT2D eigenvalue weighted by atomic mass is 10.1. The van der Waals surface area contributed by atoms with Crippen molar-refractivity contribution >= 4 is 31.6 Å². The number of halogens is 1. The van der Waals surface area contributed by atoms with Gasteiger partial charge in [0, 0.05) is 12.6 Å². The molecule has 0 amide bonds. The Balaban J connectivity index is 2.51. The van der Waals surface area contributed by atoms with Crippen molar-refractivity contribution in [1.82, 2.24) is 0 Å². The molecule has 0 fully saturated rings. The topological polar surface area (TPSA) is 46.6 Å². The summed E-state index contributed by atoms with van der Waals surface area (Å²) in [6.07, 6.45) is 0.747. The molecule has 0 spiro atoms. The molecule has 0 unspecified atom stereocenters. The highest BCUT2D eigenvalue weighted by Gasteiger charge is 2.29. The van der Waals surface area contributed by atoms with Crippen molar-refractivity contribution in [3.63, 3.8) is 0 Å². The van der Waals surface area contributed by atoms with Gasteiger partial charge in [-0.15, -0.1) is 0 Å². The van der Waals surface area contributed by atoms with Gasteiger partial charge in [0.05, 0.1) is 23.0 Å². The molecule has 17 heavy (non-hydrogen) atoms. The van der Waals surface area contributed by atoms with Crippen LogP contribution in [0.15, 0.2) is 16.6 Å². The fourth-order valence-corrected chi connectivity index (χ4v) is 3.66. The van der Waals surface area contributed by atoms with Gasteiger partial charge in [-0.3, -0.25) is 4.31 Å². The summed E-state index contributed by atoms with van der Waals surface area (Å²) >= 11 is 3.40. The van der Waals surface area contributed by atoms with Gasteiger partial charge in [0.25, 0.3) is 0 Å². The Kier molecular flexibility index (Phi) is 3.36. The largest absolute Gasteiger partial charge is 0.495 e. The smallest absolute Gasteiger partial charge is 0.234 e. The lowest BCUT2D eigenvalue weighted by molar-refractivity contribution is 0.412. The average Bonchev–Trinajstić information content (AvgIpc) is 2.71. The third kappa shape index (κ3) is 2.15. The minimum absolute atomic E-state index is 0.116. The van der Waals surface area contributed by atoms with E-state index in [1.54, 1.807) is 20.1 Å². The van der Waals surface area contributed by atoms with Crippen LogP contribution >= 0.6 is 15.9 Å². The van der Waals surface area contributed by atoms with E-state index in [1.807, 2.05) is 6.07 Å². The van der Waals surface area contributed by atoms with E-state index in [4.69, 9.17) is 4.74 Å². The van der Waals surface area contributed by atoms with Crippen LogP contribution in [0, 0.1) is 0 Å². The van der Waals surface area contributed by atoms with Crippen LogP contribution in [0.5, 0.6) is 5.75 Å². The average molecular weight is 320 g/mol. The normalized spacial score (nSPS) is 14.9. The van der Waals surface area contributed by atoms with E-state index >= 15 is 0 Å². The minimum Gasteiger partial charge on any atom is -0.495 e. The number of nitrogens with zero attached hydrogens (tertiary/aromatic N) is 1. The van der Waals surface area contributed by atoms with Gasteiger partial charge in [0.1, 0.15) is 5.75 Å². The molecule has 4 nitrogen and oxygen atoms in total. The van der Waals surface area contributed by atoms with Gasteiger partial charge < -0.3 is 4.74 Å². The van der Waals surface area contributed by atoms with Crippen LogP contribution in [0.2, 0.25) is 0 Å². The highest BCUT2D eigenvalue weighted by Crippen LogP contribution is 2.38. The molecule has 1 aliphatic rings. The van der Waals surface area contributed by atoms with E-state index in [9.17, 15) is 8.42 Å². The number of ether oxygens (including phenoxy) is 1. The number of hydrogen-bond acceptors (Lipinski definition) is 3. The Morgan fingerprint density at radius 3 is 2.76 bits per heavy atom. The summed E-state index contributed by atoms with van der Waals surface area (Å²) in [5.74, 6) is 0.770. The molecule has 1 aliphatic heterocycles. The third-order valence-corrected chi connectivity index (χ3v) is 5.31. The third-order valence-electron chi connectivity index (χ3n) is 2.91. The van der Waals surface area contributed by atoms with Crippen LogP contribution in [0.1, 0.15) is 12.5 Å². The van der Waals surface area contributed by atoms with Gasteiger partial charge in [-0.25, -0.2) is 8.42 Å². The molecule has 1 heterocycles. The van der Waals surface area contributed by atoms with Crippen molar-refractivity contribution in [3.8, 4) is 5.75 Å². The first-order chi connectivity index (χ1) is 7.99. The molecule has 0 saturated heterocycles. The summed E-state index contributed by atoms with van der Waals surface area (Å²) in [6, 6.07) is 3.71. The number of rotatable bonds is 3. The monoisotopic (exact) mass is 319 g/mol. The standard InChI is InChI=1S/C11H14BrNO3S/c1-3-17(14,15)13-5-4-8-6-9(12)11(16-2)7-10(8)13/h6-7H,3-5H2,1-2H3. The molecular weight excluding hydrogens is 306 g/mol. The number of sulfonamides is 1. The number of methoxy groups -OCH3 is 1. The summed E-state index contributed by atoms with van der Waals surface area (Å²) in [4.78, 5) is 0. The van der Waals surface area contributed by atoms with Crippen LogP contribution in [-0.2, 0) is 16.4 Å². The molecule has 0 saturated carbocycles. The first-order valence-electron chi connectivity index (χ1n) is 5.36. The van der Waals surface area contributed by atoms with Crippen molar-refractivity contribution in [1.29, 1.82) is 0 Å². The molecule has 6 heteroatoms. The molecule has 0 atom stereocenters. The molecule has 1 aromatic rings. The highest BCUT2D eigenvalue weighted by molar-refractivity contribution is 9.10. The first kappa shape index (κ1) is 12.7. The fourth-order valence-electron chi connectivity index (χ4n) is 1.96.